The van der Waals surface area contributed by atoms with E-state index in [-0.39, 0.29) is 0 Å². The van der Waals surface area contributed by atoms with Crippen LogP contribution in [0.5, 0.6) is 11.5 Å². The topological polar surface area (TPSA) is 60.7 Å². The lowest BCUT2D eigenvalue weighted by Crippen LogP contribution is -2.02. The van der Waals surface area contributed by atoms with Crippen LogP contribution in [0.1, 0.15) is 19.4 Å². The largest absolute Gasteiger partial charge is 0.492 e. The molecule has 0 saturated carbocycles. The van der Waals surface area contributed by atoms with Crippen LogP contribution in [0.4, 0.5) is 5.95 Å². The molecule has 0 atom stereocenters. The van der Waals surface area contributed by atoms with Crippen LogP contribution in [0.25, 0.3) is 11.0 Å². The molecule has 3 aromatic rings. The van der Waals surface area contributed by atoms with Crippen LogP contribution in [0.2, 0.25) is 0 Å². The Hall–Kier alpha value is -2.29. The van der Waals surface area contributed by atoms with E-state index in [1.54, 1.807) is 13.3 Å². The number of hydrazone groups is 1. The van der Waals surface area contributed by atoms with Crippen LogP contribution in [0, 0.1) is 3.57 Å². The van der Waals surface area contributed by atoms with Crippen molar-refractivity contribution in [2.75, 3.05) is 19.1 Å². The molecule has 26 heavy (non-hydrogen) atoms. The van der Waals surface area contributed by atoms with Crippen molar-refractivity contribution in [1.29, 1.82) is 0 Å². The summed E-state index contributed by atoms with van der Waals surface area (Å²) in [4.78, 5) is 4.60. The molecule has 6 nitrogen and oxygen atoms in total. The molecule has 1 heterocycles. The number of aromatic nitrogens is 2. The third-order valence-corrected chi connectivity index (χ3v) is 4.69. The van der Waals surface area contributed by atoms with Gasteiger partial charge in [0.2, 0.25) is 5.95 Å². The fourth-order valence-electron chi connectivity index (χ4n) is 2.77. The van der Waals surface area contributed by atoms with Gasteiger partial charge in [-0.2, -0.15) is 5.10 Å². The highest BCUT2D eigenvalue weighted by atomic mass is 127. The van der Waals surface area contributed by atoms with E-state index in [2.05, 4.69) is 55.7 Å². The first kappa shape index (κ1) is 18.5. The first-order valence-electron chi connectivity index (χ1n) is 8.42. The molecule has 2 aromatic carbocycles. The molecule has 0 saturated heterocycles. The first-order chi connectivity index (χ1) is 12.7. The molecule has 0 aliphatic rings. The summed E-state index contributed by atoms with van der Waals surface area (Å²) in [6.07, 6.45) is 1.75. The van der Waals surface area contributed by atoms with Gasteiger partial charge in [-0.05, 0) is 66.3 Å². The summed E-state index contributed by atoms with van der Waals surface area (Å²) >= 11 is 2.23. The van der Waals surface area contributed by atoms with Crippen LogP contribution in [0.15, 0.2) is 41.5 Å². The summed E-state index contributed by atoms with van der Waals surface area (Å²) in [5.41, 5.74) is 6.01. The molecule has 0 spiro atoms. The van der Waals surface area contributed by atoms with Gasteiger partial charge >= 0.3 is 0 Å². The Bertz CT molecular complexity index is 937. The van der Waals surface area contributed by atoms with Gasteiger partial charge in [0.15, 0.2) is 11.5 Å². The van der Waals surface area contributed by atoms with E-state index in [9.17, 15) is 0 Å². The molecule has 0 fully saturated rings. The molecule has 1 N–H and O–H groups in total. The van der Waals surface area contributed by atoms with Crippen LogP contribution in [-0.2, 0) is 6.54 Å². The monoisotopic (exact) mass is 464 g/mol. The smallest absolute Gasteiger partial charge is 0.224 e. The second kappa shape index (κ2) is 8.39. The average molecular weight is 464 g/mol. The summed E-state index contributed by atoms with van der Waals surface area (Å²) in [6.45, 7) is 5.42. The minimum atomic E-state index is 0.575. The number of imidazole rings is 1. The Kier molecular flexibility index (Phi) is 5.97. The van der Waals surface area contributed by atoms with Crippen molar-refractivity contribution in [2.24, 2.45) is 5.10 Å². The maximum Gasteiger partial charge on any atom is 0.224 e. The number of aryl methyl sites for hydroxylation is 1. The number of nitrogens with one attached hydrogen (secondary N) is 1. The highest BCUT2D eigenvalue weighted by Crippen LogP contribution is 2.33. The molecule has 1 aromatic heterocycles. The molecule has 0 aliphatic heterocycles. The predicted octanol–water partition coefficient (Wildman–Crippen LogP) is 4.51. The summed E-state index contributed by atoms with van der Waals surface area (Å²) in [5.74, 6) is 2.17. The number of hydrogen-bond acceptors (Lipinski definition) is 5. The number of benzene rings is 2. The standard InChI is InChI=1S/C19H21IN4O2/c1-4-24-16-9-7-6-8-15(16)22-19(24)23-21-12-13-10-14(20)18(25-3)17(11-13)26-5-2/h6-12H,4-5H2,1-3H3,(H,22,23)/b21-12-. The summed E-state index contributed by atoms with van der Waals surface area (Å²) < 4.78 is 14.1. The minimum absolute atomic E-state index is 0.575. The zero-order valence-electron chi connectivity index (χ0n) is 15.0. The van der Waals surface area contributed by atoms with Crippen molar-refractivity contribution in [1.82, 2.24) is 9.55 Å². The minimum Gasteiger partial charge on any atom is -0.492 e. The number of fused-ring (bicyclic) bond motifs is 1. The second-order valence-electron chi connectivity index (χ2n) is 5.51. The van der Waals surface area contributed by atoms with Gasteiger partial charge in [-0.15, -0.1) is 0 Å². The number of methoxy groups -OCH3 is 1. The predicted molar refractivity (Wildman–Crippen MR) is 114 cm³/mol. The summed E-state index contributed by atoms with van der Waals surface area (Å²) in [7, 11) is 1.64. The quantitative estimate of drug-likeness (QED) is 0.318. The van der Waals surface area contributed by atoms with Crippen LogP contribution in [0.3, 0.4) is 0 Å². The molecule has 0 radical (unpaired) electrons. The second-order valence-corrected chi connectivity index (χ2v) is 6.67. The van der Waals surface area contributed by atoms with E-state index in [1.807, 2.05) is 37.3 Å². The van der Waals surface area contributed by atoms with Crippen molar-refractivity contribution >= 4 is 45.8 Å². The third kappa shape index (κ3) is 3.77. The fraction of sp³-hybridized carbons (Fsp3) is 0.263. The number of ether oxygens (including phenoxy) is 2. The lowest BCUT2D eigenvalue weighted by atomic mass is 10.2. The van der Waals surface area contributed by atoms with Gasteiger partial charge in [0, 0.05) is 6.54 Å². The van der Waals surface area contributed by atoms with E-state index < -0.39 is 0 Å². The maximum atomic E-state index is 5.66. The lowest BCUT2D eigenvalue weighted by Gasteiger charge is -2.11. The molecule has 0 bridgehead atoms. The third-order valence-electron chi connectivity index (χ3n) is 3.88. The Balaban J connectivity index is 1.85. The first-order valence-corrected chi connectivity index (χ1v) is 9.50. The van der Waals surface area contributed by atoms with Crippen molar-refractivity contribution in [3.8, 4) is 11.5 Å². The number of rotatable bonds is 7. The van der Waals surface area contributed by atoms with Crippen molar-refractivity contribution in [3.05, 3.63) is 45.5 Å². The van der Waals surface area contributed by atoms with Gasteiger partial charge in [-0.1, -0.05) is 12.1 Å². The van der Waals surface area contributed by atoms with Crippen LogP contribution in [-0.4, -0.2) is 29.5 Å². The highest BCUT2D eigenvalue weighted by molar-refractivity contribution is 14.1. The summed E-state index contributed by atoms with van der Waals surface area (Å²) in [5, 5.41) is 4.36. The molecule has 136 valence electrons. The lowest BCUT2D eigenvalue weighted by molar-refractivity contribution is 0.309. The van der Waals surface area contributed by atoms with E-state index in [0.717, 1.165) is 38.4 Å². The van der Waals surface area contributed by atoms with Gasteiger partial charge in [-0.25, -0.2) is 10.4 Å². The zero-order chi connectivity index (χ0) is 18.5. The normalized spacial score (nSPS) is 11.2. The number of anilines is 1. The molecule has 0 aliphatic carbocycles. The van der Waals surface area contributed by atoms with E-state index >= 15 is 0 Å². The SMILES string of the molecule is CCOc1cc(/C=N\Nc2nc3ccccc3n2CC)cc(I)c1OC. The van der Waals surface area contributed by atoms with Crippen molar-refractivity contribution < 1.29 is 9.47 Å². The molecule has 3 rings (SSSR count). The van der Waals surface area contributed by atoms with Gasteiger partial charge in [0.1, 0.15) is 0 Å². The van der Waals surface area contributed by atoms with Crippen molar-refractivity contribution in [2.45, 2.75) is 20.4 Å². The molecule has 7 heteroatoms. The molecule has 0 amide bonds. The Morgan fingerprint density at radius 2 is 2.08 bits per heavy atom. The van der Waals surface area contributed by atoms with Gasteiger partial charge in [-0.3, -0.25) is 0 Å². The van der Waals surface area contributed by atoms with E-state index in [1.165, 1.54) is 0 Å². The van der Waals surface area contributed by atoms with Gasteiger partial charge in [0.25, 0.3) is 0 Å². The van der Waals surface area contributed by atoms with Gasteiger partial charge in [0.05, 0.1) is 34.5 Å². The van der Waals surface area contributed by atoms with Crippen LogP contribution >= 0.6 is 22.6 Å². The fourth-order valence-corrected chi connectivity index (χ4v) is 3.61. The zero-order valence-corrected chi connectivity index (χ0v) is 17.1. The number of hydrogen-bond donors (Lipinski definition) is 1. The van der Waals surface area contributed by atoms with Crippen LogP contribution < -0.4 is 14.9 Å². The molecular weight excluding hydrogens is 443 g/mol. The van der Waals surface area contributed by atoms with Crippen molar-refractivity contribution in [3.63, 3.8) is 0 Å². The summed E-state index contributed by atoms with van der Waals surface area (Å²) in [6, 6.07) is 12.0. The Morgan fingerprint density at radius 1 is 1.27 bits per heavy atom. The number of nitrogens with zero attached hydrogens (tertiary/aromatic N) is 3. The number of halogens is 1. The van der Waals surface area contributed by atoms with E-state index in [0.29, 0.717) is 12.4 Å². The Morgan fingerprint density at radius 3 is 2.81 bits per heavy atom. The van der Waals surface area contributed by atoms with E-state index in [4.69, 9.17) is 9.47 Å². The Labute approximate surface area is 166 Å². The molecule has 0 unspecified atom stereocenters. The average Bonchev–Trinajstić information content (AvgIpc) is 2.99. The van der Waals surface area contributed by atoms with Gasteiger partial charge < -0.3 is 14.0 Å². The maximum absolute atomic E-state index is 5.66. The molecular formula is C19H21IN4O2. The number of para-hydroxylation sites is 2. The highest BCUT2D eigenvalue weighted by Gasteiger charge is 2.11.